The summed E-state index contributed by atoms with van der Waals surface area (Å²) in [6.07, 6.45) is 12.8. The first-order valence-corrected chi connectivity index (χ1v) is 8.15. The number of unbranched alkanes of at least 4 members (excludes halogenated alkanes) is 7. The van der Waals surface area contributed by atoms with E-state index in [1.807, 2.05) is 6.20 Å². The van der Waals surface area contributed by atoms with Crippen molar-refractivity contribution >= 4 is 5.95 Å². The summed E-state index contributed by atoms with van der Waals surface area (Å²) in [5, 5.41) is 3.36. The number of aromatic amines is 1. The maximum absolute atomic E-state index is 4.34. The average Bonchev–Trinajstić information content (AvgIpc) is 2.83. The summed E-state index contributed by atoms with van der Waals surface area (Å²) in [6.45, 7) is 4.20. The van der Waals surface area contributed by atoms with Crippen molar-refractivity contribution in [3.63, 3.8) is 0 Å². The molecule has 0 radical (unpaired) electrons. The molecule has 0 fully saturated rings. The average molecular weight is 280 g/mol. The topological polar surface area (TPSA) is 44.0 Å². The predicted molar refractivity (Wildman–Crippen MR) is 87.1 cm³/mol. The molecule has 1 rings (SSSR count). The van der Waals surface area contributed by atoms with Crippen molar-refractivity contribution < 1.29 is 0 Å². The van der Waals surface area contributed by atoms with E-state index in [2.05, 4.69) is 41.2 Å². The second-order valence-corrected chi connectivity index (χ2v) is 5.90. The molecule has 0 unspecified atom stereocenters. The smallest absolute Gasteiger partial charge is 0.200 e. The molecule has 0 amide bonds. The molecule has 0 spiro atoms. The van der Waals surface area contributed by atoms with E-state index in [1.165, 1.54) is 51.4 Å². The first-order valence-electron chi connectivity index (χ1n) is 8.15. The Labute approximate surface area is 124 Å². The van der Waals surface area contributed by atoms with E-state index in [0.717, 1.165) is 24.7 Å². The number of hydrogen-bond acceptors (Lipinski definition) is 3. The molecule has 4 heteroatoms. The standard InChI is InChI=1S/C16H32N4/c1-4-5-6-7-8-9-10-11-12-17-16-18-13-15(19-16)14-20(2)3/h13H,4-12,14H2,1-3H3,(H2,17,18,19). The first-order chi connectivity index (χ1) is 9.72. The Morgan fingerprint density at radius 3 is 2.35 bits per heavy atom. The van der Waals surface area contributed by atoms with Crippen molar-refractivity contribution in [1.29, 1.82) is 0 Å². The van der Waals surface area contributed by atoms with Crippen molar-refractivity contribution in [3.05, 3.63) is 11.9 Å². The van der Waals surface area contributed by atoms with E-state index in [9.17, 15) is 0 Å². The molecule has 20 heavy (non-hydrogen) atoms. The van der Waals surface area contributed by atoms with Crippen molar-refractivity contribution in [2.24, 2.45) is 0 Å². The van der Waals surface area contributed by atoms with E-state index in [-0.39, 0.29) is 0 Å². The molecule has 4 nitrogen and oxygen atoms in total. The van der Waals surface area contributed by atoms with Gasteiger partial charge < -0.3 is 15.2 Å². The lowest BCUT2D eigenvalue weighted by molar-refractivity contribution is 0.398. The lowest BCUT2D eigenvalue weighted by atomic mass is 10.1. The molecular formula is C16H32N4. The SMILES string of the molecule is CCCCCCCCCCNc1ncc(CN(C)C)[nH]1. The summed E-state index contributed by atoms with van der Waals surface area (Å²) in [7, 11) is 4.13. The molecule has 0 bridgehead atoms. The van der Waals surface area contributed by atoms with Crippen molar-refractivity contribution in [1.82, 2.24) is 14.9 Å². The lowest BCUT2D eigenvalue weighted by Crippen LogP contribution is -2.11. The number of rotatable bonds is 12. The van der Waals surface area contributed by atoms with E-state index in [0.29, 0.717) is 0 Å². The summed E-state index contributed by atoms with van der Waals surface area (Å²) < 4.78 is 0. The highest BCUT2D eigenvalue weighted by Crippen LogP contribution is 2.09. The Kier molecular flexibility index (Phi) is 9.13. The molecule has 0 atom stereocenters. The zero-order chi connectivity index (χ0) is 14.6. The van der Waals surface area contributed by atoms with Crippen LogP contribution >= 0.6 is 0 Å². The van der Waals surface area contributed by atoms with E-state index >= 15 is 0 Å². The number of nitrogens with zero attached hydrogens (tertiary/aromatic N) is 2. The number of nitrogens with one attached hydrogen (secondary N) is 2. The van der Waals surface area contributed by atoms with Gasteiger partial charge in [0.25, 0.3) is 0 Å². The lowest BCUT2D eigenvalue weighted by Gasteiger charge is -2.06. The van der Waals surface area contributed by atoms with Crippen LogP contribution in [0.5, 0.6) is 0 Å². The summed E-state index contributed by atoms with van der Waals surface area (Å²) in [4.78, 5) is 9.78. The number of anilines is 1. The van der Waals surface area contributed by atoms with Crippen LogP contribution in [0.3, 0.4) is 0 Å². The molecule has 0 saturated heterocycles. The molecule has 0 aliphatic heterocycles. The van der Waals surface area contributed by atoms with Crippen LogP contribution in [0.15, 0.2) is 6.20 Å². The largest absolute Gasteiger partial charge is 0.356 e. The van der Waals surface area contributed by atoms with Crippen LogP contribution in [0.25, 0.3) is 0 Å². The minimum Gasteiger partial charge on any atom is -0.356 e. The number of imidazole rings is 1. The van der Waals surface area contributed by atoms with Crippen LogP contribution in [-0.4, -0.2) is 35.5 Å². The van der Waals surface area contributed by atoms with Crippen LogP contribution in [0.2, 0.25) is 0 Å². The summed E-state index contributed by atoms with van der Waals surface area (Å²) in [5.74, 6) is 0.907. The van der Waals surface area contributed by atoms with E-state index < -0.39 is 0 Å². The van der Waals surface area contributed by atoms with Crippen LogP contribution < -0.4 is 5.32 Å². The Hall–Kier alpha value is -1.03. The summed E-state index contributed by atoms with van der Waals surface area (Å²) in [5.41, 5.74) is 1.16. The fourth-order valence-electron chi connectivity index (χ4n) is 2.34. The Morgan fingerprint density at radius 2 is 1.70 bits per heavy atom. The Morgan fingerprint density at radius 1 is 1.05 bits per heavy atom. The number of aromatic nitrogens is 2. The van der Waals surface area contributed by atoms with Gasteiger partial charge in [-0.25, -0.2) is 4.98 Å². The maximum atomic E-state index is 4.34. The van der Waals surface area contributed by atoms with Gasteiger partial charge in [0, 0.05) is 13.1 Å². The van der Waals surface area contributed by atoms with Gasteiger partial charge in [-0.15, -0.1) is 0 Å². The van der Waals surface area contributed by atoms with Gasteiger partial charge in [-0.05, 0) is 20.5 Å². The fourth-order valence-corrected chi connectivity index (χ4v) is 2.34. The highest BCUT2D eigenvalue weighted by atomic mass is 15.1. The quantitative estimate of drug-likeness (QED) is 0.568. The third kappa shape index (κ3) is 8.20. The summed E-state index contributed by atoms with van der Waals surface area (Å²) >= 11 is 0. The minimum atomic E-state index is 0.907. The second kappa shape index (κ2) is 10.7. The molecule has 1 aromatic heterocycles. The maximum Gasteiger partial charge on any atom is 0.200 e. The van der Waals surface area contributed by atoms with Crippen LogP contribution in [0, 0.1) is 0 Å². The number of hydrogen-bond donors (Lipinski definition) is 2. The van der Waals surface area contributed by atoms with E-state index in [4.69, 9.17) is 0 Å². The van der Waals surface area contributed by atoms with Crippen molar-refractivity contribution in [2.45, 2.75) is 64.8 Å². The Bertz CT molecular complexity index is 333. The van der Waals surface area contributed by atoms with Gasteiger partial charge >= 0.3 is 0 Å². The molecule has 1 heterocycles. The minimum absolute atomic E-state index is 0.907. The second-order valence-electron chi connectivity index (χ2n) is 5.90. The van der Waals surface area contributed by atoms with Gasteiger partial charge in [-0.1, -0.05) is 51.9 Å². The molecule has 2 N–H and O–H groups in total. The highest BCUT2D eigenvalue weighted by molar-refractivity contribution is 5.25. The zero-order valence-electron chi connectivity index (χ0n) is 13.5. The monoisotopic (exact) mass is 280 g/mol. The molecule has 1 aromatic rings. The van der Waals surface area contributed by atoms with Gasteiger partial charge in [0.15, 0.2) is 5.95 Å². The van der Waals surface area contributed by atoms with Gasteiger partial charge in [0.2, 0.25) is 0 Å². The van der Waals surface area contributed by atoms with Crippen molar-refractivity contribution in [2.75, 3.05) is 26.0 Å². The van der Waals surface area contributed by atoms with Gasteiger partial charge in [0.05, 0.1) is 11.9 Å². The number of H-pyrrole nitrogens is 1. The molecular weight excluding hydrogens is 248 g/mol. The summed E-state index contributed by atoms with van der Waals surface area (Å²) in [6, 6.07) is 0. The van der Waals surface area contributed by atoms with Crippen LogP contribution in [-0.2, 0) is 6.54 Å². The molecule has 0 aliphatic rings. The molecule has 0 aromatic carbocycles. The molecule has 0 aliphatic carbocycles. The highest BCUT2D eigenvalue weighted by Gasteiger charge is 2.00. The first kappa shape index (κ1) is 17.0. The normalized spacial score (nSPS) is 11.2. The van der Waals surface area contributed by atoms with Crippen LogP contribution in [0.1, 0.15) is 64.0 Å². The van der Waals surface area contributed by atoms with Crippen molar-refractivity contribution in [3.8, 4) is 0 Å². The fraction of sp³-hybridized carbons (Fsp3) is 0.812. The Balaban J connectivity index is 1.97. The van der Waals surface area contributed by atoms with Gasteiger partial charge in [-0.3, -0.25) is 0 Å². The molecule has 0 saturated carbocycles. The zero-order valence-corrected chi connectivity index (χ0v) is 13.5. The third-order valence-electron chi connectivity index (χ3n) is 3.44. The van der Waals surface area contributed by atoms with Crippen LogP contribution in [0.4, 0.5) is 5.95 Å². The predicted octanol–water partition coefficient (Wildman–Crippen LogP) is 4.02. The third-order valence-corrected chi connectivity index (χ3v) is 3.44. The van der Waals surface area contributed by atoms with Gasteiger partial charge in [0.1, 0.15) is 0 Å². The molecule has 116 valence electrons. The van der Waals surface area contributed by atoms with E-state index in [1.54, 1.807) is 0 Å². The van der Waals surface area contributed by atoms with Gasteiger partial charge in [-0.2, -0.15) is 0 Å².